The first kappa shape index (κ1) is 27.0. The molecular weight excluding hydrogens is 270 g/mol. The molecule has 5 N–H and O–H groups in total. The Bertz CT molecular complexity index is 86.1. The molecule has 0 fully saturated rings. The molecule has 0 unspecified atom stereocenters. The molecule has 6 heteroatoms. The third kappa shape index (κ3) is 54.8. The van der Waals surface area contributed by atoms with Gasteiger partial charge >= 0.3 is 0 Å². The molecule has 0 heterocycles. The van der Waals surface area contributed by atoms with E-state index < -0.39 is 0 Å². The van der Waals surface area contributed by atoms with Crippen LogP contribution in [0.15, 0.2) is 0 Å². The van der Waals surface area contributed by atoms with Gasteiger partial charge in [-0.1, -0.05) is 26.7 Å². The smallest absolute Gasteiger partial charge is 0.0555 e. The first-order chi connectivity index (χ1) is 8.24. The van der Waals surface area contributed by atoms with Crippen molar-refractivity contribution in [3.05, 3.63) is 0 Å². The van der Waals surface area contributed by atoms with Crippen molar-refractivity contribution in [3.63, 3.8) is 0 Å². The minimum absolute atomic E-state index is 0. The van der Waals surface area contributed by atoms with Crippen LogP contribution >= 0.6 is 0 Å². The maximum Gasteiger partial charge on any atom is 0.0555 e. The Kier molecular flexibility index (Phi) is 54.0. The molecule has 0 aromatic carbocycles. The summed E-state index contributed by atoms with van der Waals surface area (Å²) in [6.07, 6.45) is 4.08. The van der Waals surface area contributed by atoms with Crippen LogP contribution in [0, 0.1) is 0 Å². The SMILES string of the molecule is CCCCO.CCCCO.OCCNCCO.[Ti]. The van der Waals surface area contributed by atoms with E-state index in [0.29, 0.717) is 26.3 Å². The monoisotopic (exact) mass is 301 g/mol. The zero-order valence-electron chi connectivity index (χ0n) is 11.9. The van der Waals surface area contributed by atoms with Crippen LogP contribution in [-0.4, -0.2) is 59.9 Å². The standard InChI is InChI=1S/C4H11NO2.2C4H10O.Ti/c6-3-1-5-2-4-7;2*1-2-3-4-5;/h5-7H,1-4H2;2*5H,2-4H2,1H3;. The summed E-state index contributed by atoms with van der Waals surface area (Å²) < 4.78 is 0. The summed E-state index contributed by atoms with van der Waals surface area (Å²) in [5.74, 6) is 0. The maximum absolute atomic E-state index is 8.15. The van der Waals surface area contributed by atoms with Crippen LogP contribution in [0.25, 0.3) is 0 Å². The van der Waals surface area contributed by atoms with E-state index in [9.17, 15) is 0 Å². The topological polar surface area (TPSA) is 93.0 Å². The molecule has 0 amide bonds. The fourth-order valence-corrected chi connectivity index (χ4v) is 0.599. The predicted molar refractivity (Wildman–Crippen MR) is 71.0 cm³/mol. The Morgan fingerprint density at radius 1 is 0.667 bits per heavy atom. The summed E-state index contributed by atoms with van der Waals surface area (Å²) in [7, 11) is 0. The average Bonchev–Trinajstić information content (AvgIpc) is 2.33. The molecule has 0 rings (SSSR count). The van der Waals surface area contributed by atoms with Crippen LogP contribution in [0.1, 0.15) is 39.5 Å². The van der Waals surface area contributed by atoms with E-state index in [4.69, 9.17) is 20.4 Å². The molecule has 0 aromatic rings. The minimum atomic E-state index is 0. The summed E-state index contributed by atoms with van der Waals surface area (Å²) in [5, 5.41) is 35.2. The summed E-state index contributed by atoms with van der Waals surface area (Å²) in [5.41, 5.74) is 0. The van der Waals surface area contributed by atoms with Crippen molar-refractivity contribution in [3.8, 4) is 0 Å². The molecule has 0 aliphatic carbocycles. The largest absolute Gasteiger partial charge is 0.396 e. The van der Waals surface area contributed by atoms with Crippen molar-refractivity contribution in [1.29, 1.82) is 0 Å². The molecule has 112 valence electrons. The summed E-state index contributed by atoms with van der Waals surface area (Å²) in [6.45, 7) is 6.21. The second-order valence-electron chi connectivity index (χ2n) is 3.35. The van der Waals surface area contributed by atoms with Gasteiger partial charge in [-0.15, -0.1) is 0 Å². The first-order valence-electron chi connectivity index (χ1n) is 6.39. The number of aliphatic hydroxyl groups is 4. The van der Waals surface area contributed by atoms with Crippen LogP contribution in [0.2, 0.25) is 0 Å². The predicted octanol–water partition coefficient (Wildman–Crippen LogP) is 0.116. The number of rotatable bonds is 8. The molecular formula is C12H31NO4Ti. The van der Waals surface area contributed by atoms with Crippen molar-refractivity contribution >= 4 is 0 Å². The van der Waals surface area contributed by atoms with Crippen molar-refractivity contribution in [2.75, 3.05) is 39.5 Å². The van der Waals surface area contributed by atoms with E-state index >= 15 is 0 Å². The fraction of sp³-hybridized carbons (Fsp3) is 1.00. The number of aliphatic hydroxyl groups excluding tert-OH is 4. The van der Waals surface area contributed by atoms with E-state index in [2.05, 4.69) is 19.2 Å². The second kappa shape index (κ2) is 36.0. The van der Waals surface area contributed by atoms with Crippen LogP contribution in [0.3, 0.4) is 0 Å². The Morgan fingerprint density at radius 2 is 1.00 bits per heavy atom. The molecule has 0 radical (unpaired) electrons. The van der Waals surface area contributed by atoms with Gasteiger partial charge in [0.15, 0.2) is 0 Å². The normalized spacial score (nSPS) is 8.33. The second-order valence-corrected chi connectivity index (χ2v) is 3.35. The Balaban J connectivity index is -0.0000000813. The molecule has 0 saturated carbocycles. The van der Waals surface area contributed by atoms with Crippen LogP contribution in [0.5, 0.6) is 0 Å². The minimum Gasteiger partial charge on any atom is -0.396 e. The Morgan fingerprint density at radius 3 is 1.11 bits per heavy atom. The van der Waals surface area contributed by atoms with E-state index in [1.54, 1.807) is 0 Å². The van der Waals surface area contributed by atoms with E-state index in [1.165, 1.54) is 0 Å². The number of unbranched alkanes of at least 4 members (excludes halogenated alkanes) is 2. The molecule has 0 saturated heterocycles. The van der Waals surface area contributed by atoms with Gasteiger partial charge < -0.3 is 25.7 Å². The third-order valence-corrected chi connectivity index (χ3v) is 1.60. The molecule has 0 aromatic heterocycles. The van der Waals surface area contributed by atoms with Gasteiger partial charge in [-0.3, -0.25) is 0 Å². The van der Waals surface area contributed by atoms with Gasteiger partial charge in [0, 0.05) is 48.0 Å². The van der Waals surface area contributed by atoms with Gasteiger partial charge in [-0.2, -0.15) is 0 Å². The number of nitrogens with one attached hydrogen (secondary N) is 1. The van der Waals surface area contributed by atoms with Gasteiger partial charge in [0.05, 0.1) is 13.2 Å². The molecule has 0 atom stereocenters. The number of hydrogen-bond acceptors (Lipinski definition) is 5. The average molecular weight is 301 g/mol. The van der Waals surface area contributed by atoms with Gasteiger partial charge in [0.25, 0.3) is 0 Å². The van der Waals surface area contributed by atoms with E-state index in [0.717, 1.165) is 25.7 Å². The Labute approximate surface area is 126 Å². The van der Waals surface area contributed by atoms with Gasteiger partial charge in [-0.25, -0.2) is 0 Å². The van der Waals surface area contributed by atoms with E-state index in [-0.39, 0.29) is 34.9 Å². The summed E-state index contributed by atoms with van der Waals surface area (Å²) >= 11 is 0. The van der Waals surface area contributed by atoms with Crippen molar-refractivity contribution in [2.45, 2.75) is 39.5 Å². The van der Waals surface area contributed by atoms with Gasteiger partial charge in [0.2, 0.25) is 0 Å². The molecule has 18 heavy (non-hydrogen) atoms. The van der Waals surface area contributed by atoms with Crippen LogP contribution < -0.4 is 5.32 Å². The quantitative estimate of drug-likeness (QED) is 0.324. The van der Waals surface area contributed by atoms with Crippen molar-refractivity contribution in [1.82, 2.24) is 5.32 Å². The fourth-order valence-electron chi connectivity index (χ4n) is 0.599. The van der Waals surface area contributed by atoms with Gasteiger partial charge in [0.1, 0.15) is 0 Å². The van der Waals surface area contributed by atoms with Crippen molar-refractivity contribution < 1.29 is 42.1 Å². The third-order valence-electron chi connectivity index (χ3n) is 1.60. The first-order valence-corrected chi connectivity index (χ1v) is 6.39. The Hall–Kier alpha value is 0.514. The summed E-state index contributed by atoms with van der Waals surface area (Å²) in [4.78, 5) is 0. The zero-order valence-corrected chi connectivity index (χ0v) is 13.4. The van der Waals surface area contributed by atoms with Crippen LogP contribution in [-0.2, 0) is 21.7 Å². The molecule has 0 aliphatic heterocycles. The number of hydrogen-bond donors (Lipinski definition) is 5. The van der Waals surface area contributed by atoms with Crippen molar-refractivity contribution in [2.24, 2.45) is 0 Å². The molecule has 5 nitrogen and oxygen atoms in total. The molecule has 0 aliphatic rings. The maximum atomic E-state index is 8.15. The molecule has 0 bridgehead atoms. The van der Waals surface area contributed by atoms with Crippen LogP contribution in [0.4, 0.5) is 0 Å². The summed E-state index contributed by atoms with van der Waals surface area (Å²) in [6, 6.07) is 0. The van der Waals surface area contributed by atoms with E-state index in [1.807, 2.05) is 0 Å². The van der Waals surface area contributed by atoms with Gasteiger partial charge in [-0.05, 0) is 12.8 Å². The molecule has 0 spiro atoms. The zero-order chi connectivity index (χ0) is 13.8.